The van der Waals surface area contributed by atoms with Gasteiger partial charge in [0.05, 0.1) is 17.3 Å². The zero-order chi connectivity index (χ0) is 22.8. The molecule has 5 rings (SSSR count). The summed E-state index contributed by atoms with van der Waals surface area (Å²) in [7, 11) is 0. The van der Waals surface area contributed by atoms with Crippen molar-refractivity contribution in [3.05, 3.63) is 85.2 Å². The van der Waals surface area contributed by atoms with Crippen LogP contribution in [-0.4, -0.2) is 29.2 Å². The number of ether oxygens (including phenoxy) is 1. The predicted molar refractivity (Wildman–Crippen MR) is 133 cm³/mol. The van der Waals surface area contributed by atoms with Crippen LogP contribution in [0, 0.1) is 5.92 Å². The molecule has 33 heavy (non-hydrogen) atoms. The van der Waals surface area contributed by atoms with Crippen LogP contribution in [0.15, 0.2) is 70.0 Å². The van der Waals surface area contributed by atoms with Crippen molar-refractivity contribution in [2.45, 2.75) is 25.3 Å². The molecule has 3 heterocycles. The van der Waals surface area contributed by atoms with Crippen LogP contribution in [0.3, 0.4) is 0 Å². The number of esters is 1. The molecule has 0 N–H and O–H groups in total. The van der Waals surface area contributed by atoms with E-state index in [0.717, 1.165) is 29.9 Å². The van der Waals surface area contributed by atoms with E-state index in [4.69, 9.17) is 21.4 Å². The van der Waals surface area contributed by atoms with E-state index in [-0.39, 0.29) is 24.5 Å². The molecular formula is C25H21ClN2O3S2. The summed E-state index contributed by atoms with van der Waals surface area (Å²) in [6.07, 6.45) is 5.15. The molecule has 3 aromatic rings. The van der Waals surface area contributed by atoms with Crippen LogP contribution < -0.4 is 0 Å². The van der Waals surface area contributed by atoms with Gasteiger partial charge in [-0.3, -0.25) is 4.79 Å². The third-order valence-electron chi connectivity index (χ3n) is 5.84. The van der Waals surface area contributed by atoms with Crippen molar-refractivity contribution in [1.29, 1.82) is 0 Å². The first-order valence-corrected chi connectivity index (χ1v) is 12.8. The van der Waals surface area contributed by atoms with Crippen molar-refractivity contribution < 1.29 is 14.3 Å². The summed E-state index contributed by atoms with van der Waals surface area (Å²) in [6.45, 7) is -0.374. The quantitative estimate of drug-likeness (QED) is 0.382. The molecule has 2 aliphatic rings. The van der Waals surface area contributed by atoms with E-state index in [1.807, 2.05) is 23.6 Å². The number of carbonyl (C=O) groups is 2. The number of halogens is 1. The first-order chi connectivity index (χ1) is 16.1. The molecule has 1 saturated carbocycles. The van der Waals surface area contributed by atoms with Gasteiger partial charge < -0.3 is 4.74 Å². The van der Waals surface area contributed by atoms with Crippen LogP contribution in [-0.2, 0) is 9.53 Å². The van der Waals surface area contributed by atoms with Crippen LogP contribution in [0.25, 0.3) is 6.08 Å². The maximum atomic E-state index is 13.2. The fraction of sp³-hybridized carbons (Fsp3) is 0.240. The van der Waals surface area contributed by atoms with E-state index in [0.29, 0.717) is 10.6 Å². The maximum Gasteiger partial charge on any atom is 0.338 e. The van der Waals surface area contributed by atoms with E-state index < -0.39 is 5.97 Å². The average molecular weight is 497 g/mol. The lowest BCUT2D eigenvalue weighted by Gasteiger charge is -2.28. The van der Waals surface area contributed by atoms with Gasteiger partial charge in [-0.25, -0.2) is 9.80 Å². The highest BCUT2D eigenvalue weighted by atomic mass is 35.5. The smallest absolute Gasteiger partial charge is 0.338 e. The molecule has 0 bridgehead atoms. The highest BCUT2D eigenvalue weighted by Crippen LogP contribution is 2.45. The first-order valence-electron chi connectivity index (χ1n) is 10.7. The minimum atomic E-state index is -0.582. The lowest BCUT2D eigenvalue weighted by Crippen LogP contribution is -2.34. The number of benzene rings is 1. The Morgan fingerprint density at radius 2 is 2.00 bits per heavy atom. The Morgan fingerprint density at radius 3 is 2.76 bits per heavy atom. The van der Waals surface area contributed by atoms with Crippen molar-refractivity contribution in [3.63, 3.8) is 0 Å². The fourth-order valence-corrected chi connectivity index (χ4v) is 6.13. The topological polar surface area (TPSA) is 59.0 Å². The Morgan fingerprint density at radius 1 is 1.15 bits per heavy atom. The van der Waals surface area contributed by atoms with Crippen LogP contribution in [0.4, 0.5) is 0 Å². The Bertz CT molecular complexity index is 1220. The van der Waals surface area contributed by atoms with Gasteiger partial charge in [0.25, 0.3) is 5.91 Å². The normalized spacial score (nSPS) is 21.1. The summed E-state index contributed by atoms with van der Waals surface area (Å²) >= 11 is 9.27. The van der Waals surface area contributed by atoms with E-state index in [9.17, 15) is 9.59 Å². The molecule has 0 saturated heterocycles. The minimum absolute atomic E-state index is 0.135. The Hall–Kier alpha value is -2.74. The third kappa shape index (κ3) is 4.67. The van der Waals surface area contributed by atoms with Crippen LogP contribution in [0.2, 0.25) is 5.02 Å². The maximum absolute atomic E-state index is 13.2. The number of fused-ring (bicyclic) bond motifs is 1. The second-order valence-corrected chi connectivity index (χ2v) is 10.3. The molecule has 8 heteroatoms. The lowest BCUT2D eigenvalue weighted by atomic mass is 9.79. The highest BCUT2D eigenvalue weighted by Gasteiger charge is 2.44. The number of carbonyl (C=O) groups excluding carboxylic acids is 2. The van der Waals surface area contributed by atoms with Gasteiger partial charge in [-0.05, 0) is 72.0 Å². The monoisotopic (exact) mass is 496 g/mol. The average Bonchev–Trinajstić information content (AvgIpc) is 3.58. The molecule has 5 nitrogen and oxygen atoms in total. The standard InChI is InChI=1S/C25H21ClN2O3S2/c26-18-7-1-6-17(13-18)25(30)31-15-22(29)28-24(21-10-4-12-33-21)20-9-2-5-16(23(20)27-28)14-19-8-3-11-32-19/h1,3-4,6-8,10-14,20,24H,2,5,9,15H2. The Balaban J connectivity index is 1.39. The van der Waals surface area contributed by atoms with Crippen LogP contribution in [0.5, 0.6) is 0 Å². The van der Waals surface area contributed by atoms with Crippen molar-refractivity contribution in [3.8, 4) is 0 Å². The largest absolute Gasteiger partial charge is 0.452 e. The summed E-state index contributed by atoms with van der Waals surface area (Å²) in [5.41, 5.74) is 2.47. The summed E-state index contributed by atoms with van der Waals surface area (Å²) < 4.78 is 5.32. The first kappa shape index (κ1) is 22.1. The molecule has 1 aliphatic heterocycles. The second kappa shape index (κ2) is 9.63. The minimum Gasteiger partial charge on any atom is -0.452 e. The molecule has 0 spiro atoms. The van der Waals surface area contributed by atoms with Crippen molar-refractivity contribution in [2.75, 3.05) is 6.61 Å². The van der Waals surface area contributed by atoms with Gasteiger partial charge >= 0.3 is 5.97 Å². The molecule has 1 amide bonds. The molecule has 1 aliphatic carbocycles. The lowest BCUT2D eigenvalue weighted by molar-refractivity contribution is -0.136. The molecule has 2 atom stereocenters. The van der Waals surface area contributed by atoms with Gasteiger partial charge in [0.1, 0.15) is 0 Å². The Kier molecular flexibility index (Phi) is 6.44. The summed E-state index contributed by atoms with van der Waals surface area (Å²) in [5, 5.41) is 10.8. The van der Waals surface area contributed by atoms with Gasteiger partial charge in [-0.2, -0.15) is 5.10 Å². The zero-order valence-electron chi connectivity index (χ0n) is 17.6. The van der Waals surface area contributed by atoms with E-state index in [1.54, 1.807) is 40.9 Å². The van der Waals surface area contributed by atoms with Crippen LogP contribution >= 0.6 is 34.3 Å². The van der Waals surface area contributed by atoms with Gasteiger partial charge in [-0.1, -0.05) is 29.8 Å². The Labute approximate surface area is 205 Å². The molecule has 2 aromatic heterocycles. The number of amides is 1. The number of hydrogen-bond donors (Lipinski definition) is 0. The zero-order valence-corrected chi connectivity index (χ0v) is 20.0. The number of rotatable bonds is 5. The van der Waals surface area contributed by atoms with Crippen molar-refractivity contribution >= 4 is 57.9 Å². The number of nitrogens with zero attached hydrogens (tertiary/aromatic N) is 2. The molecule has 2 unspecified atom stereocenters. The summed E-state index contributed by atoms with van der Waals surface area (Å²) in [6, 6.07) is 14.5. The second-order valence-electron chi connectivity index (χ2n) is 7.95. The molecular weight excluding hydrogens is 476 g/mol. The molecule has 0 radical (unpaired) electrons. The van der Waals surface area contributed by atoms with Gasteiger partial charge in [-0.15, -0.1) is 22.7 Å². The number of thiophene rings is 2. The molecule has 1 aromatic carbocycles. The number of allylic oxidation sites excluding steroid dienone is 1. The predicted octanol–water partition coefficient (Wildman–Crippen LogP) is 6.44. The molecule has 1 fully saturated rings. The summed E-state index contributed by atoms with van der Waals surface area (Å²) in [4.78, 5) is 27.9. The fourth-order valence-electron chi connectivity index (χ4n) is 4.38. The van der Waals surface area contributed by atoms with Crippen molar-refractivity contribution in [2.24, 2.45) is 11.0 Å². The van der Waals surface area contributed by atoms with Crippen molar-refractivity contribution in [1.82, 2.24) is 5.01 Å². The number of hydrazone groups is 1. The third-order valence-corrected chi connectivity index (χ3v) is 7.84. The van der Waals surface area contributed by atoms with Gasteiger partial charge in [0.2, 0.25) is 0 Å². The van der Waals surface area contributed by atoms with Crippen LogP contribution in [0.1, 0.15) is 45.4 Å². The van der Waals surface area contributed by atoms with Gasteiger partial charge in [0, 0.05) is 20.7 Å². The van der Waals surface area contributed by atoms with Gasteiger partial charge in [0.15, 0.2) is 6.61 Å². The van der Waals surface area contributed by atoms with E-state index >= 15 is 0 Å². The highest BCUT2D eigenvalue weighted by molar-refractivity contribution is 7.11. The number of hydrogen-bond acceptors (Lipinski definition) is 6. The molecule has 168 valence electrons. The SMILES string of the molecule is O=C(OCC(=O)N1N=C2C(=Cc3cccs3)CCCC2C1c1cccs1)c1cccc(Cl)c1. The summed E-state index contributed by atoms with van der Waals surface area (Å²) in [5.74, 6) is -0.779. The van der Waals surface area contributed by atoms with E-state index in [2.05, 4.69) is 17.5 Å². The van der Waals surface area contributed by atoms with E-state index in [1.165, 1.54) is 21.5 Å².